The molecule has 0 aliphatic heterocycles. The predicted octanol–water partition coefficient (Wildman–Crippen LogP) is 1.36. The summed E-state index contributed by atoms with van der Waals surface area (Å²) in [6, 6.07) is 0. The van der Waals surface area contributed by atoms with Crippen LogP contribution < -0.4 is 0 Å². The average Bonchev–Trinajstić information content (AvgIpc) is 2.25. The van der Waals surface area contributed by atoms with Gasteiger partial charge in [0.1, 0.15) is 5.60 Å². The Bertz CT molecular complexity index is 215. The van der Waals surface area contributed by atoms with Crippen molar-refractivity contribution in [1.29, 1.82) is 0 Å². The average molecular weight is 262 g/mol. The van der Waals surface area contributed by atoms with Crippen LogP contribution in [0.25, 0.3) is 0 Å². The zero-order chi connectivity index (χ0) is 13.9. The molecule has 0 aliphatic carbocycles. The molecule has 18 heavy (non-hydrogen) atoms. The molecule has 0 unspecified atom stereocenters. The first-order valence-corrected chi connectivity index (χ1v) is 6.16. The second-order valence-corrected chi connectivity index (χ2v) is 4.56. The zero-order valence-electron chi connectivity index (χ0n) is 11.7. The van der Waals surface area contributed by atoms with Crippen LogP contribution in [-0.4, -0.2) is 57.0 Å². The van der Waals surface area contributed by atoms with E-state index in [9.17, 15) is 0 Å². The summed E-state index contributed by atoms with van der Waals surface area (Å²) < 4.78 is 21.3. The lowest BCUT2D eigenvalue weighted by atomic mass is 10.1. The summed E-state index contributed by atoms with van der Waals surface area (Å²) in [7, 11) is 0. The number of rotatable bonds is 12. The van der Waals surface area contributed by atoms with Crippen molar-refractivity contribution in [3.05, 3.63) is 12.3 Å². The van der Waals surface area contributed by atoms with Crippen LogP contribution in [0.4, 0.5) is 0 Å². The Balaban J connectivity index is 3.31. The number of hydrogen-bond donors (Lipinski definition) is 1. The molecule has 0 bridgehead atoms. The van der Waals surface area contributed by atoms with Crippen molar-refractivity contribution >= 4 is 0 Å². The van der Waals surface area contributed by atoms with Crippen molar-refractivity contribution in [3.63, 3.8) is 0 Å². The molecular weight excluding hydrogens is 236 g/mol. The molecule has 5 nitrogen and oxygen atoms in total. The molecule has 0 aromatic heterocycles. The molecule has 108 valence electrons. The van der Waals surface area contributed by atoms with Crippen LogP contribution in [-0.2, 0) is 18.9 Å². The van der Waals surface area contributed by atoms with Crippen LogP contribution in [0.1, 0.15) is 20.8 Å². The minimum atomic E-state index is -0.365. The fraction of sp³-hybridized carbons (Fsp3) is 0.846. The van der Waals surface area contributed by atoms with Gasteiger partial charge in [0, 0.05) is 0 Å². The molecule has 0 heterocycles. The van der Waals surface area contributed by atoms with Crippen LogP contribution in [0.3, 0.4) is 0 Å². The third kappa shape index (κ3) is 11.9. The van der Waals surface area contributed by atoms with E-state index in [0.717, 1.165) is 0 Å². The van der Waals surface area contributed by atoms with Crippen molar-refractivity contribution in [3.8, 4) is 0 Å². The van der Waals surface area contributed by atoms with E-state index in [1.807, 2.05) is 20.8 Å². The molecule has 0 saturated heterocycles. The van der Waals surface area contributed by atoms with Gasteiger partial charge in [0.2, 0.25) is 0 Å². The molecule has 5 heteroatoms. The molecule has 0 atom stereocenters. The van der Waals surface area contributed by atoms with Gasteiger partial charge in [-0.1, -0.05) is 6.58 Å². The number of allylic oxidation sites excluding steroid dienone is 1. The second-order valence-electron chi connectivity index (χ2n) is 4.56. The minimum absolute atomic E-state index is 0.0426. The Kier molecular flexibility index (Phi) is 9.96. The summed E-state index contributed by atoms with van der Waals surface area (Å²) >= 11 is 0. The SMILES string of the molecule is C=C(C)OC(C)(C)COCCOCCOCCO. The number of ether oxygens (including phenoxy) is 4. The molecular formula is C13H26O5. The highest BCUT2D eigenvalue weighted by atomic mass is 16.6. The summed E-state index contributed by atoms with van der Waals surface area (Å²) in [6.45, 7) is 12.3. The fourth-order valence-corrected chi connectivity index (χ4v) is 1.32. The highest BCUT2D eigenvalue weighted by Gasteiger charge is 2.19. The van der Waals surface area contributed by atoms with Gasteiger partial charge >= 0.3 is 0 Å². The Hall–Kier alpha value is -0.620. The first-order chi connectivity index (χ1) is 8.48. The van der Waals surface area contributed by atoms with Gasteiger partial charge in [0.15, 0.2) is 0 Å². The van der Waals surface area contributed by atoms with Crippen molar-refractivity contribution in [2.75, 3.05) is 46.2 Å². The van der Waals surface area contributed by atoms with Gasteiger partial charge in [-0.2, -0.15) is 0 Å². The third-order valence-electron chi connectivity index (χ3n) is 1.88. The Morgan fingerprint density at radius 2 is 1.50 bits per heavy atom. The molecule has 0 aliphatic rings. The Labute approximate surface area is 110 Å². The van der Waals surface area contributed by atoms with Crippen LogP contribution >= 0.6 is 0 Å². The van der Waals surface area contributed by atoms with Gasteiger partial charge in [0.25, 0.3) is 0 Å². The molecule has 0 spiro atoms. The molecule has 0 rings (SSSR count). The molecule has 0 aromatic carbocycles. The molecule has 0 fully saturated rings. The summed E-state index contributed by atoms with van der Waals surface area (Å²) in [5, 5.41) is 8.47. The number of hydrogen-bond acceptors (Lipinski definition) is 5. The zero-order valence-corrected chi connectivity index (χ0v) is 11.7. The highest BCUT2D eigenvalue weighted by molar-refractivity contribution is 4.81. The standard InChI is InChI=1S/C13H26O5/c1-12(2)18-13(3,4)11-17-10-9-16-8-7-15-6-5-14/h14H,1,5-11H2,2-4H3. The Morgan fingerprint density at radius 3 is 2.00 bits per heavy atom. The van der Waals surface area contributed by atoms with Gasteiger partial charge < -0.3 is 24.1 Å². The maximum atomic E-state index is 8.47. The maximum Gasteiger partial charge on any atom is 0.126 e. The lowest BCUT2D eigenvalue weighted by molar-refractivity contribution is -0.0572. The molecule has 0 radical (unpaired) electrons. The van der Waals surface area contributed by atoms with Crippen molar-refractivity contribution in [2.45, 2.75) is 26.4 Å². The highest BCUT2D eigenvalue weighted by Crippen LogP contribution is 2.13. The van der Waals surface area contributed by atoms with Crippen LogP contribution in [0.5, 0.6) is 0 Å². The van der Waals surface area contributed by atoms with Gasteiger partial charge in [-0.25, -0.2) is 0 Å². The van der Waals surface area contributed by atoms with E-state index >= 15 is 0 Å². The lowest BCUT2D eigenvalue weighted by Crippen LogP contribution is -2.30. The second kappa shape index (κ2) is 10.3. The van der Waals surface area contributed by atoms with Crippen LogP contribution in [0, 0.1) is 0 Å². The van der Waals surface area contributed by atoms with Crippen molar-refractivity contribution in [1.82, 2.24) is 0 Å². The molecule has 1 N–H and O–H groups in total. The summed E-state index contributed by atoms with van der Waals surface area (Å²) in [4.78, 5) is 0. The smallest absolute Gasteiger partial charge is 0.126 e. The summed E-state index contributed by atoms with van der Waals surface area (Å²) in [6.07, 6.45) is 0. The van der Waals surface area contributed by atoms with Crippen molar-refractivity contribution < 1.29 is 24.1 Å². The molecule has 0 amide bonds. The van der Waals surface area contributed by atoms with Gasteiger partial charge in [-0.15, -0.1) is 0 Å². The maximum absolute atomic E-state index is 8.47. The fourth-order valence-electron chi connectivity index (χ4n) is 1.32. The van der Waals surface area contributed by atoms with E-state index in [-0.39, 0.29) is 12.2 Å². The topological polar surface area (TPSA) is 57.2 Å². The van der Waals surface area contributed by atoms with E-state index in [1.165, 1.54) is 0 Å². The normalized spacial score (nSPS) is 11.6. The quantitative estimate of drug-likeness (QED) is 0.425. The Morgan fingerprint density at radius 1 is 1.00 bits per heavy atom. The molecule has 0 saturated carbocycles. The largest absolute Gasteiger partial charge is 0.491 e. The van der Waals surface area contributed by atoms with E-state index < -0.39 is 0 Å². The van der Waals surface area contributed by atoms with Crippen LogP contribution in [0.15, 0.2) is 12.3 Å². The number of aliphatic hydroxyl groups excluding tert-OH is 1. The lowest BCUT2D eigenvalue weighted by Gasteiger charge is -2.26. The first kappa shape index (κ1) is 17.4. The van der Waals surface area contributed by atoms with E-state index in [4.69, 9.17) is 24.1 Å². The van der Waals surface area contributed by atoms with Gasteiger partial charge in [-0.3, -0.25) is 0 Å². The van der Waals surface area contributed by atoms with Crippen molar-refractivity contribution in [2.24, 2.45) is 0 Å². The van der Waals surface area contributed by atoms with E-state index in [1.54, 1.807) is 0 Å². The number of aliphatic hydroxyl groups is 1. The predicted molar refractivity (Wildman–Crippen MR) is 69.5 cm³/mol. The summed E-state index contributed by atoms with van der Waals surface area (Å²) in [5.41, 5.74) is -0.365. The first-order valence-electron chi connectivity index (χ1n) is 6.16. The van der Waals surface area contributed by atoms with Crippen LogP contribution in [0.2, 0.25) is 0 Å². The van der Waals surface area contributed by atoms with Gasteiger partial charge in [0.05, 0.1) is 52.0 Å². The van der Waals surface area contributed by atoms with E-state index in [2.05, 4.69) is 6.58 Å². The summed E-state index contributed by atoms with van der Waals surface area (Å²) in [5.74, 6) is 0.681. The monoisotopic (exact) mass is 262 g/mol. The van der Waals surface area contributed by atoms with E-state index in [0.29, 0.717) is 45.4 Å². The minimum Gasteiger partial charge on any atom is -0.491 e. The third-order valence-corrected chi connectivity index (χ3v) is 1.88. The van der Waals surface area contributed by atoms with Gasteiger partial charge in [-0.05, 0) is 20.8 Å². The molecule has 0 aromatic rings.